The van der Waals surface area contributed by atoms with Crippen LogP contribution in [0.5, 0.6) is 17.2 Å². The molecule has 9 nitrogen and oxygen atoms in total. The lowest BCUT2D eigenvalue weighted by molar-refractivity contribution is -0.111. The summed E-state index contributed by atoms with van der Waals surface area (Å²) >= 11 is 1.59. The van der Waals surface area contributed by atoms with Gasteiger partial charge < -0.3 is 30.4 Å². The van der Waals surface area contributed by atoms with Gasteiger partial charge >= 0.3 is 6.09 Å². The number of nitrogens with two attached hydrogens (primary N) is 1. The Balaban J connectivity index is 1.56. The summed E-state index contributed by atoms with van der Waals surface area (Å²) in [6.07, 6.45) is 3.54. The molecule has 4 aromatic rings. The predicted octanol–water partition coefficient (Wildman–Crippen LogP) is 7.42. The highest BCUT2D eigenvalue weighted by atomic mass is 32.2. The third-order valence-electron chi connectivity index (χ3n) is 6.58. The van der Waals surface area contributed by atoms with Gasteiger partial charge in [0, 0.05) is 16.1 Å². The number of hydrogen-bond donors (Lipinski definition) is 4. The lowest BCUT2D eigenvalue weighted by Gasteiger charge is -2.28. The van der Waals surface area contributed by atoms with E-state index in [2.05, 4.69) is 10.6 Å². The summed E-state index contributed by atoms with van der Waals surface area (Å²) in [5, 5.41) is 16.1. The second-order valence-corrected chi connectivity index (χ2v) is 10.5. The number of anilines is 3. The molecule has 10 heteroatoms. The van der Waals surface area contributed by atoms with Crippen LogP contribution in [0.1, 0.15) is 24.5 Å². The van der Waals surface area contributed by atoms with E-state index < -0.39 is 18.3 Å². The number of ether oxygens (including phenoxy) is 3. The highest BCUT2D eigenvalue weighted by Crippen LogP contribution is 2.34. The van der Waals surface area contributed by atoms with E-state index in [-0.39, 0.29) is 17.4 Å². The van der Waals surface area contributed by atoms with E-state index in [9.17, 15) is 14.7 Å². The summed E-state index contributed by atoms with van der Waals surface area (Å²) in [7, 11) is 1.45. The summed E-state index contributed by atoms with van der Waals surface area (Å²) in [5.74, 6) is 0.405. The molecule has 0 heterocycles. The van der Waals surface area contributed by atoms with Crippen molar-refractivity contribution in [2.45, 2.75) is 29.9 Å². The number of phenolic OH excluding ortho intramolecular Hbond substituents is 1. The number of nitrogen functional groups attached to an aromatic ring is 1. The van der Waals surface area contributed by atoms with Gasteiger partial charge in [-0.05, 0) is 85.8 Å². The maximum atomic E-state index is 13.2. The molecule has 4 aromatic carbocycles. The van der Waals surface area contributed by atoms with E-state index in [1.165, 1.54) is 19.3 Å². The molecule has 0 aliphatic carbocycles. The lowest BCUT2D eigenvalue weighted by Crippen LogP contribution is -2.31. The number of methoxy groups -OCH3 is 1. The van der Waals surface area contributed by atoms with Crippen molar-refractivity contribution in [1.29, 1.82) is 0 Å². The number of phenols is 1. The topological polar surface area (TPSA) is 132 Å². The standard InChI is InChI=1S/C34H35N3O6S/c1-41-30-21-16-23(22-29(30)38)33(43-34(40)36-24-17-19-26(44-2)20-18-24)31(42-25-10-4-3-5-11-25)14-8-9-15-32(39)37-28-13-7-6-12-27(28)35/h3-7,9-13,15-22,31,33,38H,8,14,35H2,1-2H3,(H,36,40)(H,37,39)/b15-9+/t31-,33-/m1/s1. The number of benzene rings is 4. The Bertz CT molecular complexity index is 1560. The Morgan fingerprint density at radius 3 is 2.36 bits per heavy atom. The summed E-state index contributed by atoms with van der Waals surface area (Å²) in [6, 6.07) is 28.3. The first-order valence-corrected chi connectivity index (χ1v) is 15.1. The molecular formula is C34H35N3O6S. The maximum absolute atomic E-state index is 13.2. The van der Waals surface area contributed by atoms with E-state index in [1.54, 1.807) is 78.5 Å². The molecule has 5 N–H and O–H groups in total. The van der Waals surface area contributed by atoms with Crippen molar-refractivity contribution >= 4 is 40.8 Å². The molecule has 0 aromatic heterocycles. The van der Waals surface area contributed by atoms with Crippen LogP contribution in [0.3, 0.4) is 0 Å². The van der Waals surface area contributed by atoms with Gasteiger partial charge in [0.2, 0.25) is 5.91 Å². The van der Waals surface area contributed by atoms with Crippen LogP contribution in [0.2, 0.25) is 0 Å². The van der Waals surface area contributed by atoms with Gasteiger partial charge in [-0.3, -0.25) is 10.1 Å². The second kappa shape index (κ2) is 15.9. The Labute approximate surface area is 261 Å². The van der Waals surface area contributed by atoms with E-state index >= 15 is 0 Å². The van der Waals surface area contributed by atoms with Crippen LogP contribution in [-0.4, -0.2) is 36.6 Å². The van der Waals surface area contributed by atoms with E-state index in [0.29, 0.717) is 41.2 Å². The molecule has 0 aliphatic rings. The Morgan fingerprint density at radius 1 is 0.955 bits per heavy atom. The number of aromatic hydroxyl groups is 1. The van der Waals surface area contributed by atoms with Gasteiger partial charge in [0.25, 0.3) is 0 Å². The molecule has 0 radical (unpaired) electrons. The van der Waals surface area contributed by atoms with Gasteiger partial charge in [-0.2, -0.15) is 0 Å². The van der Waals surface area contributed by atoms with Crippen molar-refractivity contribution in [3.8, 4) is 17.2 Å². The maximum Gasteiger partial charge on any atom is 0.412 e. The molecule has 0 bridgehead atoms. The minimum absolute atomic E-state index is 0.109. The van der Waals surface area contributed by atoms with Crippen molar-refractivity contribution in [2.75, 3.05) is 29.7 Å². The van der Waals surface area contributed by atoms with Gasteiger partial charge in [0.1, 0.15) is 11.9 Å². The van der Waals surface area contributed by atoms with Crippen LogP contribution in [0.15, 0.2) is 114 Å². The largest absolute Gasteiger partial charge is 0.504 e. The third kappa shape index (κ3) is 9.20. The molecule has 0 saturated heterocycles. The Morgan fingerprint density at radius 2 is 1.68 bits per heavy atom. The molecule has 4 rings (SSSR count). The van der Waals surface area contributed by atoms with Crippen molar-refractivity contribution in [2.24, 2.45) is 0 Å². The van der Waals surface area contributed by atoms with Crippen molar-refractivity contribution in [1.82, 2.24) is 0 Å². The molecule has 2 amide bonds. The number of thioether (sulfide) groups is 1. The molecule has 228 valence electrons. The third-order valence-corrected chi connectivity index (χ3v) is 7.32. The monoisotopic (exact) mass is 613 g/mol. The zero-order valence-corrected chi connectivity index (χ0v) is 25.3. The number of nitrogens with one attached hydrogen (secondary N) is 2. The number of carbonyl (C=O) groups is 2. The first kappa shape index (κ1) is 31.8. The van der Waals surface area contributed by atoms with Crippen LogP contribution in [0, 0.1) is 0 Å². The van der Waals surface area contributed by atoms with Crippen LogP contribution in [0.4, 0.5) is 21.9 Å². The lowest BCUT2D eigenvalue weighted by atomic mass is 9.99. The van der Waals surface area contributed by atoms with Crippen molar-refractivity contribution in [3.63, 3.8) is 0 Å². The van der Waals surface area contributed by atoms with Gasteiger partial charge in [-0.25, -0.2) is 4.79 Å². The molecule has 0 spiro atoms. The highest BCUT2D eigenvalue weighted by molar-refractivity contribution is 7.98. The fraction of sp³-hybridized carbons (Fsp3) is 0.176. The summed E-state index contributed by atoms with van der Waals surface area (Å²) < 4.78 is 17.5. The normalized spacial score (nSPS) is 12.2. The number of hydrogen-bond acceptors (Lipinski definition) is 8. The molecule has 2 atom stereocenters. The molecule has 0 aliphatic heterocycles. The number of amides is 2. The summed E-state index contributed by atoms with van der Waals surface area (Å²) in [4.78, 5) is 26.7. The molecule has 0 unspecified atom stereocenters. The van der Waals surface area contributed by atoms with Crippen LogP contribution < -0.4 is 25.8 Å². The SMILES string of the molecule is COc1ccc([C@@H](OC(=O)Nc2ccc(SC)cc2)[C@@H](CC/C=C/C(=O)Nc2ccccc2N)Oc2ccccc2)cc1O. The molecule has 0 saturated carbocycles. The molecular weight excluding hydrogens is 578 g/mol. The van der Waals surface area contributed by atoms with E-state index in [4.69, 9.17) is 19.9 Å². The van der Waals surface area contributed by atoms with Crippen LogP contribution in [-0.2, 0) is 9.53 Å². The Hall–Kier alpha value is -5.09. The molecule has 0 fully saturated rings. The van der Waals surface area contributed by atoms with E-state index in [1.807, 2.05) is 36.6 Å². The fourth-order valence-corrected chi connectivity index (χ4v) is 4.77. The van der Waals surface area contributed by atoms with Gasteiger partial charge in [0.15, 0.2) is 17.6 Å². The van der Waals surface area contributed by atoms with Crippen molar-refractivity contribution < 1.29 is 28.9 Å². The molecule has 44 heavy (non-hydrogen) atoms. The van der Waals surface area contributed by atoms with Crippen LogP contribution in [0.25, 0.3) is 0 Å². The van der Waals surface area contributed by atoms with E-state index in [0.717, 1.165) is 4.90 Å². The zero-order valence-electron chi connectivity index (χ0n) is 24.4. The average molecular weight is 614 g/mol. The van der Waals surface area contributed by atoms with Gasteiger partial charge in [-0.1, -0.05) is 42.5 Å². The summed E-state index contributed by atoms with van der Waals surface area (Å²) in [6.45, 7) is 0. The second-order valence-electron chi connectivity index (χ2n) is 9.64. The first-order chi connectivity index (χ1) is 21.4. The highest BCUT2D eigenvalue weighted by Gasteiger charge is 2.30. The van der Waals surface area contributed by atoms with Crippen molar-refractivity contribution in [3.05, 3.63) is 115 Å². The number of para-hydroxylation sites is 3. The van der Waals surface area contributed by atoms with Gasteiger partial charge in [-0.15, -0.1) is 11.8 Å². The zero-order chi connectivity index (χ0) is 31.3. The summed E-state index contributed by atoms with van der Waals surface area (Å²) in [5.41, 5.74) is 7.98. The predicted molar refractivity (Wildman–Crippen MR) is 174 cm³/mol. The van der Waals surface area contributed by atoms with Crippen LogP contribution >= 0.6 is 11.8 Å². The first-order valence-electron chi connectivity index (χ1n) is 13.9. The minimum atomic E-state index is -0.941. The number of allylic oxidation sites excluding steroid dienone is 1. The number of carbonyl (C=O) groups excluding carboxylic acids is 2. The Kier molecular flexibility index (Phi) is 11.5. The number of rotatable bonds is 13. The quantitative estimate of drug-likeness (QED) is 0.0696. The smallest absolute Gasteiger partial charge is 0.412 e. The van der Waals surface area contributed by atoms with Gasteiger partial charge in [0.05, 0.1) is 18.5 Å². The minimum Gasteiger partial charge on any atom is -0.504 e. The average Bonchev–Trinajstić information content (AvgIpc) is 3.03. The fourth-order valence-electron chi connectivity index (χ4n) is 4.36.